The molecule has 1 saturated heterocycles. The number of carboxylic acid groups (broad SMARTS) is 1. The molecule has 0 saturated carbocycles. The number of pyridine rings is 2. The first-order chi connectivity index (χ1) is 24.4. The lowest BCUT2D eigenvalue weighted by atomic mass is 9.87. The summed E-state index contributed by atoms with van der Waals surface area (Å²) in [4.78, 5) is 25.1. The maximum atomic E-state index is 15.8. The zero-order valence-electron chi connectivity index (χ0n) is 27.2. The van der Waals surface area contributed by atoms with Crippen molar-refractivity contribution in [3.63, 3.8) is 0 Å². The summed E-state index contributed by atoms with van der Waals surface area (Å²) < 4.78 is 71.2. The number of nitrogens with zero attached hydrogens (tertiary/aromatic N) is 6. The lowest BCUT2D eigenvalue weighted by Crippen LogP contribution is -2.27. The minimum atomic E-state index is -2.79. The van der Waals surface area contributed by atoms with Gasteiger partial charge in [0.15, 0.2) is 0 Å². The van der Waals surface area contributed by atoms with Crippen LogP contribution in [0.4, 0.5) is 17.6 Å². The molecule has 6 aromatic rings. The Hall–Kier alpha value is -5.34. The van der Waals surface area contributed by atoms with Gasteiger partial charge in [-0.2, -0.15) is 13.9 Å². The number of carbonyl (C=O) groups is 1. The molecule has 0 spiro atoms. The zero-order chi connectivity index (χ0) is 36.0. The number of hydrogen-bond acceptors (Lipinski definition) is 7. The molecule has 5 heterocycles. The second-order valence-electron chi connectivity index (χ2n) is 12.8. The van der Waals surface area contributed by atoms with Gasteiger partial charge in [0.1, 0.15) is 24.1 Å². The van der Waals surface area contributed by atoms with Gasteiger partial charge in [0, 0.05) is 47.0 Å². The molecule has 7 rings (SSSR count). The van der Waals surface area contributed by atoms with Gasteiger partial charge < -0.3 is 19.1 Å². The normalized spacial score (nSPS) is 15.6. The molecule has 0 unspecified atom stereocenters. The summed E-state index contributed by atoms with van der Waals surface area (Å²) in [7, 11) is 0. The molecule has 0 aliphatic carbocycles. The Balaban J connectivity index is 1.12. The Morgan fingerprint density at radius 2 is 1.88 bits per heavy atom. The van der Waals surface area contributed by atoms with E-state index in [4.69, 9.17) is 26.1 Å². The molecule has 0 amide bonds. The first-order valence-electron chi connectivity index (χ1n) is 15.7. The van der Waals surface area contributed by atoms with Gasteiger partial charge >= 0.3 is 12.5 Å². The van der Waals surface area contributed by atoms with Gasteiger partial charge in [-0.3, -0.25) is 4.98 Å². The highest BCUT2D eigenvalue weighted by atomic mass is 35.5. The monoisotopic (exact) mass is 720 g/mol. The smallest absolute Gasteiger partial charge is 0.335 e. The SMILES string of the molecule is CC1(C)COC[C@H]1n1c(Cc2cc(F)c(-c3cccc(OCc4cnc(-c5cnn(C(F)F)c5)cc4Cl)n3)cc2F)nc2ccc(C(=O)O)cc21. The number of aromatic nitrogens is 6. The zero-order valence-corrected chi connectivity index (χ0v) is 27.9. The van der Waals surface area contributed by atoms with E-state index in [0.29, 0.717) is 51.6 Å². The summed E-state index contributed by atoms with van der Waals surface area (Å²) in [6.45, 7) is 2.03. The van der Waals surface area contributed by atoms with Crippen LogP contribution in [0.1, 0.15) is 53.7 Å². The van der Waals surface area contributed by atoms with Gasteiger partial charge in [0.25, 0.3) is 0 Å². The third-order valence-corrected chi connectivity index (χ3v) is 9.21. The molecule has 0 radical (unpaired) electrons. The molecule has 1 aliphatic heterocycles. The lowest BCUT2D eigenvalue weighted by Gasteiger charge is -2.28. The van der Waals surface area contributed by atoms with Crippen LogP contribution in [0.2, 0.25) is 5.02 Å². The molecule has 262 valence electrons. The van der Waals surface area contributed by atoms with E-state index in [1.54, 1.807) is 18.2 Å². The van der Waals surface area contributed by atoms with Crippen molar-refractivity contribution >= 4 is 28.6 Å². The third-order valence-electron chi connectivity index (χ3n) is 8.86. The van der Waals surface area contributed by atoms with Crippen molar-refractivity contribution < 1.29 is 36.9 Å². The van der Waals surface area contributed by atoms with Crippen LogP contribution in [0.3, 0.4) is 0 Å². The molecule has 15 heteroatoms. The number of rotatable bonds is 10. The molecule has 1 aliphatic rings. The minimum Gasteiger partial charge on any atom is -0.478 e. The molecule has 0 bridgehead atoms. The summed E-state index contributed by atoms with van der Waals surface area (Å²) in [5.41, 5.74) is 2.15. The largest absolute Gasteiger partial charge is 0.478 e. The quantitative estimate of drug-likeness (QED) is 0.141. The van der Waals surface area contributed by atoms with Crippen LogP contribution in [-0.4, -0.2) is 53.6 Å². The molecule has 51 heavy (non-hydrogen) atoms. The summed E-state index contributed by atoms with van der Waals surface area (Å²) >= 11 is 6.41. The second-order valence-corrected chi connectivity index (χ2v) is 13.2. The van der Waals surface area contributed by atoms with Crippen molar-refractivity contribution in [1.29, 1.82) is 0 Å². The Morgan fingerprint density at radius 1 is 1.06 bits per heavy atom. The van der Waals surface area contributed by atoms with E-state index in [-0.39, 0.29) is 57.8 Å². The average Bonchev–Trinajstić information content (AvgIpc) is 3.82. The van der Waals surface area contributed by atoms with Crippen LogP contribution in [0.5, 0.6) is 5.88 Å². The molecular formula is C36H29ClF4N6O4. The van der Waals surface area contributed by atoms with E-state index < -0.39 is 24.2 Å². The van der Waals surface area contributed by atoms with E-state index in [1.807, 2.05) is 18.4 Å². The molecule has 1 fully saturated rings. The van der Waals surface area contributed by atoms with Crippen LogP contribution in [0.15, 0.2) is 73.2 Å². The number of alkyl halides is 2. The van der Waals surface area contributed by atoms with Crippen LogP contribution in [0, 0.1) is 17.0 Å². The molecular weight excluding hydrogens is 692 g/mol. The van der Waals surface area contributed by atoms with Gasteiger partial charge in [-0.15, -0.1) is 0 Å². The fourth-order valence-electron chi connectivity index (χ4n) is 6.12. The second kappa shape index (κ2) is 13.4. The van der Waals surface area contributed by atoms with Gasteiger partial charge in [0.2, 0.25) is 5.88 Å². The molecule has 1 atom stereocenters. The Kier molecular flexibility index (Phi) is 8.98. The van der Waals surface area contributed by atoms with Crippen LogP contribution in [-0.2, 0) is 17.8 Å². The number of ether oxygens (including phenoxy) is 2. The minimum absolute atomic E-state index is 0.0579. The van der Waals surface area contributed by atoms with Gasteiger partial charge in [0.05, 0.1) is 58.5 Å². The van der Waals surface area contributed by atoms with E-state index in [2.05, 4.69) is 15.1 Å². The number of aromatic carboxylic acids is 1. The van der Waals surface area contributed by atoms with Crippen molar-refractivity contribution in [3.8, 4) is 28.4 Å². The van der Waals surface area contributed by atoms with E-state index in [9.17, 15) is 18.7 Å². The first kappa shape index (κ1) is 34.1. The number of hydrogen-bond donors (Lipinski definition) is 1. The number of imidazole rings is 1. The summed E-state index contributed by atoms with van der Waals surface area (Å²) in [6, 6.07) is 12.7. The highest BCUT2D eigenvalue weighted by Crippen LogP contribution is 2.41. The maximum absolute atomic E-state index is 15.8. The van der Waals surface area contributed by atoms with E-state index in [0.717, 1.165) is 18.3 Å². The molecule has 10 nitrogen and oxygen atoms in total. The third kappa shape index (κ3) is 6.76. The number of fused-ring (bicyclic) bond motifs is 1. The van der Waals surface area contributed by atoms with Crippen molar-refractivity contribution in [2.75, 3.05) is 13.2 Å². The number of carboxylic acids is 1. The average molecular weight is 721 g/mol. The van der Waals surface area contributed by atoms with E-state index in [1.165, 1.54) is 36.7 Å². The van der Waals surface area contributed by atoms with Gasteiger partial charge in [-0.25, -0.2) is 28.2 Å². The van der Waals surface area contributed by atoms with Crippen molar-refractivity contribution in [2.45, 2.75) is 39.5 Å². The van der Waals surface area contributed by atoms with Gasteiger partial charge in [-0.1, -0.05) is 31.5 Å². The van der Waals surface area contributed by atoms with Crippen LogP contribution >= 0.6 is 11.6 Å². The summed E-state index contributed by atoms with van der Waals surface area (Å²) in [5.74, 6) is -1.92. The molecule has 1 N–H and O–H groups in total. The Morgan fingerprint density at radius 3 is 2.59 bits per heavy atom. The maximum Gasteiger partial charge on any atom is 0.335 e. The highest BCUT2D eigenvalue weighted by Gasteiger charge is 2.39. The van der Waals surface area contributed by atoms with Crippen LogP contribution in [0.25, 0.3) is 33.5 Å². The number of halogens is 5. The van der Waals surface area contributed by atoms with Crippen LogP contribution < -0.4 is 4.74 Å². The molecule has 2 aromatic carbocycles. The first-order valence-corrected chi connectivity index (χ1v) is 16.1. The van der Waals surface area contributed by atoms with Crippen molar-refractivity contribution in [2.24, 2.45) is 5.41 Å². The fraction of sp³-hybridized carbons (Fsp3) is 0.250. The number of benzene rings is 2. The predicted molar refractivity (Wildman–Crippen MR) is 179 cm³/mol. The molecule has 4 aromatic heterocycles. The summed E-state index contributed by atoms with van der Waals surface area (Å²) in [5, 5.41) is 13.5. The topological polar surface area (TPSA) is 117 Å². The van der Waals surface area contributed by atoms with Crippen molar-refractivity contribution in [1.82, 2.24) is 29.3 Å². The lowest BCUT2D eigenvalue weighted by molar-refractivity contribution is 0.0566. The Bertz CT molecular complexity index is 2290. The predicted octanol–water partition coefficient (Wildman–Crippen LogP) is 8.15. The van der Waals surface area contributed by atoms with Crippen molar-refractivity contribution in [3.05, 3.63) is 112 Å². The Labute approximate surface area is 293 Å². The van der Waals surface area contributed by atoms with E-state index >= 15 is 8.78 Å². The standard InChI is InChI=1S/C36H29ClF4N6O4/c1-36(2)18-50-17-31(36)47-30-9-19(34(48)49)6-7-28(30)44-32(47)10-20-8-26(39)23(11-25(20)38)27-4-3-5-33(45-27)51-16-22-13-42-29(12-24(22)37)21-14-43-46(15-21)35(40)41/h3-9,11-15,31,35H,10,16-18H2,1-2H3,(H,48,49)/t31-/m1/s1. The fourth-order valence-corrected chi connectivity index (χ4v) is 6.32. The highest BCUT2D eigenvalue weighted by molar-refractivity contribution is 6.31. The van der Waals surface area contributed by atoms with Gasteiger partial charge in [-0.05, 0) is 48.0 Å². The summed E-state index contributed by atoms with van der Waals surface area (Å²) in [6.07, 6.45) is 3.79.